The van der Waals surface area contributed by atoms with Gasteiger partial charge in [-0.15, -0.1) is 0 Å². The van der Waals surface area contributed by atoms with Gasteiger partial charge in [0.25, 0.3) is 5.56 Å². The van der Waals surface area contributed by atoms with E-state index in [2.05, 4.69) is 17.3 Å². The van der Waals surface area contributed by atoms with Crippen LogP contribution < -0.4 is 15.6 Å². The molecule has 0 fully saturated rings. The average Bonchev–Trinajstić information content (AvgIpc) is 3.45. The smallest absolute Gasteiger partial charge is 0.265 e. The second-order valence-electron chi connectivity index (χ2n) is 8.43. The Bertz CT molecular complexity index is 1460. The first kappa shape index (κ1) is 22.2. The van der Waals surface area contributed by atoms with E-state index in [9.17, 15) is 9.59 Å². The first-order chi connectivity index (χ1) is 16.4. The molecule has 2 aromatic carbocycles. The van der Waals surface area contributed by atoms with Crippen LogP contribution in [-0.2, 0) is 11.3 Å². The quantitative estimate of drug-likeness (QED) is 0.429. The highest BCUT2D eigenvalue weighted by atomic mass is 32.2. The highest BCUT2D eigenvalue weighted by Crippen LogP contribution is 2.33. The standard InChI is InChI=1S/C25H25N5O3S/c1-15-7-8-18(9-16(15)2)30-23-21(13-27-30)24(32)29-19(14-34-25(29)28-23)11-22(31)26-12-17-5-4-6-20(10-17)33-3/h4-10,13,19H,11-12,14H2,1-3H3,(H,26,31). The molecule has 1 amide bonds. The summed E-state index contributed by atoms with van der Waals surface area (Å²) in [5.74, 6) is 1.26. The second-order valence-corrected chi connectivity index (χ2v) is 9.42. The van der Waals surface area contributed by atoms with Gasteiger partial charge in [-0.3, -0.25) is 14.2 Å². The topological polar surface area (TPSA) is 91.0 Å². The number of rotatable bonds is 6. The van der Waals surface area contributed by atoms with Gasteiger partial charge in [0.05, 0.1) is 25.0 Å². The molecule has 0 radical (unpaired) electrons. The number of aromatic nitrogens is 4. The van der Waals surface area contributed by atoms with Crippen LogP contribution in [0.1, 0.15) is 29.2 Å². The molecule has 174 valence electrons. The molecule has 8 nitrogen and oxygen atoms in total. The van der Waals surface area contributed by atoms with Crippen molar-refractivity contribution in [1.29, 1.82) is 0 Å². The Morgan fingerprint density at radius 3 is 2.85 bits per heavy atom. The predicted molar refractivity (Wildman–Crippen MR) is 132 cm³/mol. The van der Waals surface area contributed by atoms with E-state index in [4.69, 9.17) is 9.72 Å². The van der Waals surface area contributed by atoms with Gasteiger partial charge in [-0.05, 0) is 54.8 Å². The maximum absolute atomic E-state index is 13.3. The van der Waals surface area contributed by atoms with Gasteiger partial charge in [-0.2, -0.15) is 5.10 Å². The van der Waals surface area contributed by atoms with Crippen molar-refractivity contribution in [3.63, 3.8) is 0 Å². The Hall–Kier alpha value is -3.59. The highest BCUT2D eigenvalue weighted by molar-refractivity contribution is 7.99. The molecule has 0 saturated heterocycles. The van der Waals surface area contributed by atoms with E-state index < -0.39 is 0 Å². The third-order valence-corrected chi connectivity index (χ3v) is 7.25. The molecule has 0 spiro atoms. The van der Waals surface area contributed by atoms with Crippen molar-refractivity contribution in [3.05, 3.63) is 75.7 Å². The molecule has 1 aliphatic heterocycles. The Morgan fingerprint density at radius 2 is 2.06 bits per heavy atom. The minimum Gasteiger partial charge on any atom is -0.497 e. The summed E-state index contributed by atoms with van der Waals surface area (Å²) in [6, 6.07) is 13.4. The van der Waals surface area contributed by atoms with Crippen molar-refractivity contribution in [1.82, 2.24) is 24.6 Å². The molecule has 0 aliphatic carbocycles. The lowest BCUT2D eigenvalue weighted by atomic mass is 10.1. The number of methoxy groups -OCH3 is 1. The van der Waals surface area contributed by atoms with Crippen LogP contribution >= 0.6 is 11.8 Å². The van der Waals surface area contributed by atoms with Crippen molar-refractivity contribution in [2.45, 2.75) is 38.0 Å². The number of hydrogen-bond donors (Lipinski definition) is 1. The summed E-state index contributed by atoms with van der Waals surface area (Å²) < 4.78 is 8.58. The molecular formula is C25H25N5O3S. The van der Waals surface area contributed by atoms with Crippen LogP contribution in [0, 0.1) is 13.8 Å². The van der Waals surface area contributed by atoms with Crippen molar-refractivity contribution in [2.24, 2.45) is 0 Å². The number of carbonyl (C=O) groups is 1. The number of aryl methyl sites for hydroxylation is 2. The van der Waals surface area contributed by atoms with E-state index in [1.807, 2.05) is 49.4 Å². The minimum absolute atomic E-state index is 0.112. The van der Waals surface area contributed by atoms with Crippen molar-refractivity contribution >= 4 is 28.7 Å². The molecule has 1 N–H and O–H groups in total. The molecule has 4 aromatic rings. The molecule has 34 heavy (non-hydrogen) atoms. The summed E-state index contributed by atoms with van der Waals surface area (Å²) in [6.45, 7) is 4.50. The molecule has 3 heterocycles. The lowest BCUT2D eigenvalue weighted by Crippen LogP contribution is -2.30. The van der Waals surface area contributed by atoms with Crippen LogP contribution in [0.25, 0.3) is 16.7 Å². The zero-order chi connectivity index (χ0) is 23.8. The number of benzene rings is 2. The maximum atomic E-state index is 13.3. The third-order valence-electron chi connectivity index (χ3n) is 6.15. The largest absolute Gasteiger partial charge is 0.497 e. The van der Waals surface area contributed by atoms with Gasteiger partial charge < -0.3 is 10.1 Å². The SMILES string of the molecule is COc1cccc(CNC(=O)CC2CSc3nc4c(cnn4-c4ccc(C)c(C)c4)c(=O)n32)c1. The maximum Gasteiger partial charge on any atom is 0.265 e. The van der Waals surface area contributed by atoms with E-state index in [0.717, 1.165) is 22.6 Å². The lowest BCUT2D eigenvalue weighted by molar-refractivity contribution is -0.121. The van der Waals surface area contributed by atoms with E-state index >= 15 is 0 Å². The predicted octanol–water partition coefficient (Wildman–Crippen LogP) is 3.56. The molecule has 5 rings (SSSR count). The number of carbonyl (C=O) groups excluding carboxylic acids is 1. The summed E-state index contributed by atoms with van der Waals surface area (Å²) in [6.07, 6.45) is 1.78. The van der Waals surface area contributed by atoms with Gasteiger partial charge in [0.2, 0.25) is 5.91 Å². The number of thioether (sulfide) groups is 1. The molecule has 9 heteroatoms. The van der Waals surface area contributed by atoms with Gasteiger partial charge in [0, 0.05) is 18.7 Å². The average molecular weight is 476 g/mol. The first-order valence-corrected chi connectivity index (χ1v) is 12.0. The van der Waals surface area contributed by atoms with Gasteiger partial charge in [0.1, 0.15) is 11.1 Å². The summed E-state index contributed by atoms with van der Waals surface area (Å²) in [5.41, 5.74) is 4.53. The molecule has 1 aliphatic rings. The Morgan fingerprint density at radius 1 is 1.21 bits per heavy atom. The van der Waals surface area contributed by atoms with Crippen LogP contribution in [0.15, 0.2) is 58.6 Å². The summed E-state index contributed by atoms with van der Waals surface area (Å²) in [5, 5.41) is 8.46. The highest BCUT2D eigenvalue weighted by Gasteiger charge is 2.29. The third kappa shape index (κ3) is 4.07. The van der Waals surface area contributed by atoms with Gasteiger partial charge >= 0.3 is 0 Å². The summed E-state index contributed by atoms with van der Waals surface area (Å²) >= 11 is 1.49. The molecule has 1 unspecified atom stereocenters. The van der Waals surface area contributed by atoms with Crippen LogP contribution in [0.2, 0.25) is 0 Å². The molecule has 1 atom stereocenters. The fourth-order valence-corrected chi connectivity index (χ4v) is 5.23. The van der Waals surface area contributed by atoms with Gasteiger partial charge in [-0.1, -0.05) is 30.0 Å². The van der Waals surface area contributed by atoms with Crippen LogP contribution in [0.3, 0.4) is 0 Å². The lowest BCUT2D eigenvalue weighted by Gasteiger charge is -2.14. The molecule has 0 bridgehead atoms. The number of ether oxygens (including phenoxy) is 1. The second kappa shape index (κ2) is 8.98. The van der Waals surface area contributed by atoms with Crippen molar-refractivity contribution in [2.75, 3.05) is 12.9 Å². The fourth-order valence-electron chi connectivity index (χ4n) is 4.10. The van der Waals surface area contributed by atoms with Crippen molar-refractivity contribution < 1.29 is 9.53 Å². The zero-order valence-corrected chi connectivity index (χ0v) is 20.1. The molecule has 2 aromatic heterocycles. The Labute approximate surface area is 201 Å². The number of hydrogen-bond acceptors (Lipinski definition) is 6. The van der Waals surface area contributed by atoms with Crippen LogP contribution in [0.4, 0.5) is 0 Å². The molecular weight excluding hydrogens is 450 g/mol. The van der Waals surface area contributed by atoms with Gasteiger partial charge in [-0.25, -0.2) is 9.67 Å². The Kier molecular flexibility index (Phi) is 5.87. The van der Waals surface area contributed by atoms with E-state index in [1.54, 1.807) is 22.6 Å². The van der Waals surface area contributed by atoms with Crippen molar-refractivity contribution in [3.8, 4) is 11.4 Å². The minimum atomic E-state index is -0.250. The summed E-state index contributed by atoms with van der Waals surface area (Å²) in [7, 11) is 1.61. The number of nitrogens with one attached hydrogen (secondary N) is 1. The molecule has 0 saturated carbocycles. The van der Waals surface area contributed by atoms with E-state index in [-0.39, 0.29) is 23.9 Å². The van der Waals surface area contributed by atoms with Crippen LogP contribution in [0.5, 0.6) is 5.75 Å². The van der Waals surface area contributed by atoms with Crippen LogP contribution in [-0.4, -0.2) is 38.1 Å². The fraction of sp³-hybridized carbons (Fsp3) is 0.280. The zero-order valence-electron chi connectivity index (χ0n) is 19.2. The summed E-state index contributed by atoms with van der Waals surface area (Å²) in [4.78, 5) is 30.8. The monoisotopic (exact) mass is 475 g/mol. The number of nitrogens with zero attached hydrogens (tertiary/aromatic N) is 4. The Balaban J connectivity index is 1.37. The van der Waals surface area contributed by atoms with E-state index in [0.29, 0.717) is 28.5 Å². The van der Waals surface area contributed by atoms with E-state index in [1.165, 1.54) is 17.3 Å². The number of fused-ring (bicyclic) bond motifs is 2. The van der Waals surface area contributed by atoms with Gasteiger partial charge in [0.15, 0.2) is 10.8 Å². The normalized spacial score (nSPS) is 14.9. The first-order valence-electron chi connectivity index (χ1n) is 11.0. The number of amides is 1.